The molecular weight excluding hydrogens is 527 g/mol. The zero-order valence-electron chi connectivity index (χ0n) is 24.2. The molecule has 1 aliphatic heterocycles. The molecule has 0 aliphatic carbocycles. The number of halogens is 1. The number of carbonyl (C=O) groups excluding carboxylic acids is 1. The number of carbonyl (C=O) groups is 1. The van der Waals surface area contributed by atoms with Crippen molar-refractivity contribution in [3.05, 3.63) is 60.2 Å². The molecule has 0 spiro atoms. The molecule has 1 amide bonds. The van der Waals surface area contributed by atoms with E-state index in [9.17, 15) is 14.3 Å². The van der Waals surface area contributed by atoms with E-state index in [1.807, 2.05) is 6.07 Å². The number of benzene rings is 2. The first-order valence-electron chi connectivity index (χ1n) is 13.2. The second kappa shape index (κ2) is 12.1. The Kier molecular flexibility index (Phi) is 8.74. The van der Waals surface area contributed by atoms with Gasteiger partial charge in [-0.15, -0.1) is 0 Å². The van der Waals surface area contributed by atoms with E-state index in [0.717, 1.165) is 25.2 Å². The van der Waals surface area contributed by atoms with Crippen LogP contribution in [0.25, 0.3) is 0 Å². The molecule has 1 saturated heterocycles. The van der Waals surface area contributed by atoms with E-state index in [2.05, 4.69) is 61.4 Å². The molecular formula is C29H37FN8O3. The van der Waals surface area contributed by atoms with Crippen molar-refractivity contribution in [3.63, 3.8) is 0 Å². The molecule has 41 heavy (non-hydrogen) atoms. The number of hydrogen-bond acceptors (Lipinski definition) is 10. The van der Waals surface area contributed by atoms with Crippen molar-refractivity contribution in [2.75, 3.05) is 55.1 Å². The molecule has 1 fully saturated rings. The van der Waals surface area contributed by atoms with E-state index in [1.165, 1.54) is 18.5 Å². The number of likely N-dealkylation sites (N-methyl/N-ethyl adjacent to an activating group) is 1. The van der Waals surface area contributed by atoms with E-state index in [1.54, 1.807) is 40.0 Å². The van der Waals surface area contributed by atoms with Crippen LogP contribution in [-0.4, -0.2) is 71.2 Å². The van der Waals surface area contributed by atoms with Gasteiger partial charge in [0.25, 0.3) is 0 Å². The van der Waals surface area contributed by atoms with Crippen molar-refractivity contribution in [1.82, 2.24) is 19.9 Å². The van der Waals surface area contributed by atoms with Gasteiger partial charge in [-0.1, -0.05) is 6.58 Å². The number of anilines is 6. The Hall–Kier alpha value is -4.29. The van der Waals surface area contributed by atoms with Crippen molar-refractivity contribution in [1.29, 1.82) is 0 Å². The summed E-state index contributed by atoms with van der Waals surface area (Å²) in [4.78, 5) is 29.6. The van der Waals surface area contributed by atoms with Crippen molar-refractivity contribution >= 4 is 40.6 Å². The molecule has 11 nitrogen and oxygen atoms in total. The van der Waals surface area contributed by atoms with Crippen LogP contribution in [0.2, 0.25) is 0 Å². The highest BCUT2D eigenvalue weighted by atomic mass is 19.1. The fourth-order valence-electron chi connectivity index (χ4n) is 4.71. The SMILES string of the molecule is C=CC(=O)Nc1cc(Nc2ncnc(Nc3cc(C)c(F)cc3C(C)(C)O)n2)c(OC)cc1N1CC[C@@H](N(C)C)C1. The molecule has 0 bridgehead atoms. The molecule has 1 aliphatic rings. The van der Waals surface area contributed by atoms with E-state index >= 15 is 0 Å². The minimum Gasteiger partial charge on any atom is -0.494 e. The van der Waals surface area contributed by atoms with E-state index < -0.39 is 11.4 Å². The normalized spacial score (nSPS) is 15.1. The number of nitrogens with one attached hydrogen (secondary N) is 3. The number of methoxy groups -OCH3 is 1. The zero-order chi connectivity index (χ0) is 29.9. The van der Waals surface area contributed by atoms with E-state index in [4.69, 9.17) is 4.74 Å². The lowest BCUT2D eigenvalue weighted by Gasteiger charge is -2.25. The van der Waals surface area contributed by atoms with Crippen LogP contribution in [0.15, 0.2) is 43.2 Å². The molecule has 0 unspecified atom stereocenters. The van der Waals surface area contributed by atoms with E-state index in [-0.39, 0.29) is 17.8 Å². The molecule has 0 radical (unpaired) electrons. The average molecular weight is 565 g/mol. The molecule has 2 aromatic carbocycles. The smallest absolute Gasteiger partial charge is 0.247 e. The Bertz CT molecular complexity index is 1440. The summed E-state index contributed by atoms with van der Waals surface area (Å²) < 4.78 is 20.0. The quantitative estimate of drug-likeness (QED) is 0.265. The fourth-order valence-corrected chi connectivity index (χ4v) is 4.71. The van der Waals surface area contributed by atoms with Gasteiger partial charge in [0.1, 0.15) is 17.9 Å². The number of amides is 1. The number of aromatic nitrogens is 3. The molecule has 12 heteroatoms. The monoisotopic (exact) mass is 564 g/mol. The summed E-state index contributed by atoms with van der Waals surface area (Å²) in [6.07, 6.45) is 3.54. The predicted molar refractivity (Wildman–Crippen MR) is 159 cm³/mol. The fraction of sp³-hybridized carbons (Fsp3) is 0.379. The molecule has 3 aromatic rings. The Balaban J connectivity index is 1.66. The van der Waals surface area contributed by atoms with Crippen molar-refractivity contribution in [2.24, 2.45) is 0 Å². The summed E-state index contributed by atoms with van der Waals surface area (Å²) in [6.45, 7) is 9.99. The van der Waals surface area contributed by atoms with Crippen LogP contribution in [0, 0.1) is 12.7 Å². The van der Waals surface area contributed by atoms with Crippen LogP contribution < -0.4 is 25.6 Å². The third kappa shape index (κ3) is 6.90. The maximum absolute atomic E-state index is 14.3. The van der Waals surface area contributed by atoms with Gasteiger partial charge < -0.3 is 35.6 Å². The highest BCUT2D eigenvalue weighted by molar-refractivity contribution is 6.02. The summed E-state index contributed by atoms with van der Waals surface area (Å²) in [6, 6.07) is 6.92. The van der Waals surface area contributed by atoms with Crippen molar-refractivity contribution in [2.45, 2.75) is 38.8 Å². The lowest BCUT2D eigenvalue weighted by Crippen LogP contribution is -2.31. The van der Waals surface area contributed by atoms with Gasteiger partial charge in [0.2, 0.25) is 17.8 Å². The number of nitrogens with zero attached hydrogens (tertiary/aromatic N) is 5. The number of aryl methyl sites for hydroxylation is 1. The first kappa shape index (κ1) is 29.7. The largest absolute Gasteiger partial charge is 0.494 e. The van der Waals surface area contributed by atoms with Gasteiger partial charge in [-0.05, 0) is 71.1 Å². The van der Waals surface area contributed by atoms with Gasteiger partial charge >= 0.3 is 0 Å². The third-order valence-electron chi connectivity index (χ3n) is 7.02. The highest BCUT2D eigenvalue weighted by Crippen LogP contribution is 2.40. The van der Waals surface area contributed by atoms with E-state index in [0.29, 0.717) is 40.0 Å². The molecule has 4 N–H and O–H groups in total. The number of rotatable bonds is 10. The molecule has 0 saturated carbocycles. The molecule has 218 valence electrons. The Morgan fingerprint density at radius 1 is 1.17 bits per heavy atom. The molecule has 2 heterocycles. The van der Waals surface area contributed by atoms with Crippen LogP contribution in [0.5, 0.6) is 5.75 Å². The minimum atomic E-state index is -1.31. The Labute approximate surface area is 239 Å². The van der Waals surface area contributed by atoms with Gasteiger partial charge in [0.15, 0.2) is 0 Å². The maximum Gasteiger partial charge on any atom is 0.247 e. The predicted octanol–water partition coefficient (Wildman–Crippen LogP) is 4.31. The summed E-state index contributed by atoms with van der Waals surface area (Å²) in [5.74, 6) is 0.146. The summed E-state index contributed by atoms with van der Waals surface area (Å²) in [7, 11) is 5.68. The van der Waals surface area contributed by atoms with Gasteiger partial charge in [-0.2, -0.15) is 4.98 Å². The first-order chi connectivity index (χ1) is 19.4. The lowest BCUT2D eigenvalue weighted by atomic mass is 9.95. The van der Waals surface area contributed by atoms with Crippen molar-refractivity contribution < 1.29 is 19.0 Å². The van der Waals surface area contributed by atoms with Gasteiger partial charge in [-0.3, -0.25) is 4.79 Å². The van der Waals surface area contributed by atoms with Crippen molar-refractivity contribution in [3.8, 4) is 5.75 Å². The third-order valence-corrected chi connectivity index (χ3v) is 7.02. The number of aliphatic hydroxyl groups is 1. The second-order valence-corrected chi connectivity index (χ2v) is 10.7. The number of hydrogen-bond donors (Lipinski definition) is 4. The van der Waals surface area contributed by atoms with Gasteiger partial charge in [0.05, 0.1) is 29.8 Å². The van der Waals surface area contributed by atoms with Crippen LogP contribution in [0.3, 0.4) is 0 Å². The first-order valence-corrected chi connectivity index (χ1v) is 13.2. The molecule has 1 atom stereocenters. The standard InChI is InChI=1S/C29H37FN8O3/c1-8-26(39)33-22-13-23(25(41-7)14-24(22)38-10-9-18(15-38)37(5)6)35-28-32-16-31-27(36-28)34-21-11-17(2)20(30)12-19(21)29(3,4)40/h8,11-14,16,18,40H,1,9-10,15H2,2-7H3,(H,33,39)(H2,31,32,34,35,36)/t18-/m1/s1. The average Bonchev–Trinajstić information content (AvgIpc) is 3.41. The summed E-state index contributed by atoms with van der Waals surface area (Å²) >= 11 is 0. The van der Waals surface area contributed by atoms with Gasteiger partial charge in [-0.25, -0.2) is 14.4 Å². The van der Waals surface area contributed by atoms with Crippen LogP contribution in [0.4, 0.5) is 39.0 Å². The Morgan fingerprint density at radius 2 is 1.85 bits per heavy atom. The van der Waals surface area contributed by atoms with Gasteiger partial charge in [0, 0.05) is 36.4 Å². The number of ether oxygens (including phenoxy) is 1. The second-order valence-electron chi connectivity index (χ2n) is 10.7. The van der Waals surface area contributed by atoms with Crippen LogP contribution in [0.1, 0.15) is 31.4 Å². The Morgan fingerprint density at radius 3 is 2.44 bits per heavy atom. The maximum atomic E-state index is 14.3. The molecule has 4 rings (SSSR count). The summed E-state index contributed by atoms with van der Waals surface area (Å²) in [5, 5.41) is 19.7. The summed E-state index contributed by atoms with van der Waals surface area (Å²) in [5.41, 5.74) is 1.85. The minimum absolute atomic E-state index is 0.182. The van der Waals surface area contributed by atoms with Crippen LogP contribution in [-0.2, 0) is 10.4 Å². The topological polar surface area (TPSA) is 128 Å². The zero-order valence-corrected chi connectivity index (χ0v) is 24.2. The highest BCUT2D eigenvalue weighted by Gasteiger charge is 2.27. The van der Waals surface area contributed by atoms with Crippen LogP contribution >= 0.6 is 0 Å². The lowest BCUT2D eigenvalue weighted by molar-refractivity contribution is -0.111. The molecule has 1 aromatic heterocycles.